The van der Waals surface area contributed by atoms with E-state index in [1.165, 1.54) is 0 Å². The average Bonchev–Trinajstić information content (AvgIpc) is 2.55. The molecular weight excluding hydrogens is 312 g/mol. The van der Waals surface area contributed by atoms with Gasteiger partial charge in [0, 0.05) is 22.7 Å². The third-order valence-electron chi connectivity index (χ3n) is 3.68. The van der Waals surface area contributed by atoms with Crippen molar-refractivity contribution in [3.8, 4) is 5.75 Å². The summed E-state index contributed by atoms with van der Waals surface area (Å²) in [7, 11) is 5.61. The summed E-state index contributed by atoms with van der Waals surface area (Å²) in [5.74, 6) is 0.690. The predicted molar refractivity (Wildman–Crippen MR) is 93.2 cm³/mol. The van der Waals surface area contributed by atoms with E-state index in [9.17, 15) is 4.79 Å². The zero-order valence-corrected chi connectivity index (χ0v) is 14.3. The molecule has 2 rings (SSSR count). The molecule has 0 radical (unpaired) electrons. The number of hydrogen-bond donors (Lipinski definition) is 1. The Morgan fingerprint density at radius 2 is 1.83 bits per heavy atom. The topological polar surface area (TPSA) is 41.6 Å². The van der Waals surface area contributed by atoms with Crippen LogP contribution in [0.1, 0.15) is 22.0 Å². The van der Waals surface area contributed by atoms with Crippen molar-refractivity contribution in [3.63, 3.8) is 0 Å². The van der Waals surface area contributed by atoms with Gasteiger partial charge < -0.3 is 15.0 Å². The van der Waals surface area contributed by atoms with Gasteiger partial charge in [0.2, 0.25) is 0 Å². The highest BCUT2D eigenvalue weighted by Gasteiger charge is 2.19. The Morgan fingerprint density at radius 1 is 1.17 bits per heavy atom. The van der Waals surface area contributed by atoms with Gasteiger partial charge in [0.25, 0.3) is 5.91 Å². The minimum Gasteiger partial charge on any atom is -0.496 e. The van der Waals surface area contributed by atoms with E-state index in [2.05, 4.69) is 10.2 Å². The lowest BCUT2D eigenvalue weighted by Gasteiger charge is -2.26. The molecule has 1 unspecified atom stereocenters. The maximum Gasteiger partial charge on any atom is 0.251 e. The molecule has 4 nitrogen and oxygen atoms in total. The molecule has 23 heavy (non-hydrogen) atoms. The number of nitrogens with zero attached hydrogens (tertiary/aromatic N) is 1. The van der Waals surface area contributed by atoms with Crippen molar-refractivity contribution in [1.82, 2.24) is 10.2 Å². The number of hydrogen-bond acceptors (Lipinski definition) is 3. The number of ether oxygens (including phenoxy) is 1. The van der Waals surface area contributed by atoms with Crippen LogP contribution in [-0.2, 0) is 0 Å². The van der Waals surface area contributed by atoms with E-state index in [-0.39, 0.29) is 11.9 Å². The molecule has 0 fully saturated rings. The second kappa shape index (κ2) is 7.99. The van der Waals surface area contributed by atoms with Crippen molar-refractivity contribution < 1.29 is 9.53 Å². The first-order chi connectivity index (χ1) is 11.0. The van der Waals surface area contributed by atoms with Crippen LogP contribution in [-0.4, -0.2) is 38.6 Å². The van der Waals surface area contributed by atoms with Gasteiger partial charge >= 0.3 is 0 Å². The fourth-order valence-electron chi connectivity index (χ4n) is 2.41. The van der Waals surface area contributed by atoms with Crippen molar-refractivity contribution >= 4 is 17.5 Å². The number of halogens is 1. The zero-order valence-electron chi connectivity index (χ0n) is 13.5. The molecule has 0 spiro atoms. The summed E-state index contributed by atoms with van der Waals surface area (Å²) in [5.41, 5.74) is 1.63. The third-order valence-corrected chi connectivity index (χ3v) is 3.94. The Bertz CT molecular complexity index is 656. The minimum absolute atomic E-state index is 0.0161. The normalized spacial score (nSPS) is 12.0. The Morgan fingerprint density at radius 3 is 2.43 bits per heavy atom. The average molecular weight is 333 g/mol. The van der Waals surface area contributed by atoms with E-state index in [0.29, 0.717) is 17.1 Å². The monoisotopic (exact) mass is 332 g/mol. The summed E-state index contributed by atoms with van der Waals surface area (Å²) in [6, 6.07) is 14.7. The molecule has 0 saturated carbocycles. The van der Waals surface area contributed by atoms with Gasteiger partial charge in [-0.05, 0) is 44.4 Å². The fourth-order valence-corrected chi connectivity index (χ4v) is 2.53. The highest BCUT2D eigenvalue weighted by Crippen LogP contribution is 2.27. The van der Waals surface area contributed by atoms with Crippen LogP contribution in [0.3, 0.4) is 0 Å². The second-order valence-electron chi connectivity index (χ2n) is 5.44. The Kier molecular flexibility index (Phi) is 6.02. The molecule has 1 amide bonds. The Balaban J connectivity index is 2.11. The van der Waals surface area contributed by atoms with Crippen LogP contribution in [0.2, 0.25) is 5.02 Å². The van der Waals surface area contributed by atoms with Crippen molar-refractivity contribution in [2.24, 2.45) is 0 Å². The van der Waals surface area contributed by atoms with E-state index in [1.54, 1.807) is 31.4 Å². The highest BCUT2D eigenvalue weighted by molar-refractivity contribution is 6.30. The number of amides is 1. The molecule has 0 aliphatic carbocycles. The number of carbonyl (C=O) groups is 1. The summed E-state index contributed by atoms with van der Waals surface area (Å²) in [5, 5.41) is 3.58. The Hall–Kier alpha value is -2.04. The summed E-state index contributed by atoms with van der Waals surface area (Å²) < 4.78 is 5.43. The molecular formula is C18H21ClN2O2. The van der Waals surface area contributed by atoms with Crippen molar-refractivity contribution in [2.45, 2.75) is 6.04 Å². The molecule has 1 N–H and O–H groups in total. The standard InChI is InChI=1S/C18H21ClN2O2/c1-21(2)16(15-6-4-5-7-17(15)23-3)12-20-18(22)13-8-10-14(19)11-9-13/h4-11,16H,12H2,1-3H3,(H,20,22). The van der Waals surface area contributed by atoms with Gasteiger partial charge in [0.05, 0.1) is 13.2 Å². The van der Waals surface area contributed by atoms with Crippen LogP contribution in [0.4, 0.5) is 0 Å². The lowest BCUT2D eigenvalue weighted by atomic mass is 10.0. The van der Waals surface area contributed by atoms with Gasteiger partial charge in [0.1, 0.15) is 5.75 Å². The minimum atomic E-state index is -0.122. The van der Waals surface area contributed by atoms with Crippen LogP contribution in [0, 0.1) is 0 Å². The summed E-state index contributed by atoms with van der Waals surface area (Å²) in [6.07, 6.45) is 0. The largest absolute Gasteiger partial charge is 0.496 e. The van der Waals surface area contributed by atoms with Crippen molar-refractivity contribution in [2.75, 3.05) is 27.7 Å². The van der Waals surface area contributed by atoms with Crippen LogP contribution in [0.25, 0.3) is 0 Å². The Labute approximate surface area is 142 Å². The number of para-hydroxylation sites is 1. The van der Waals surface area contributed by atoms with E-state index < -0.39 is 0 Å². The summed E-state index contributed by atoms with van der Waals surface area (Å²) >= 11 is 5.85. The third kappa shape index (κ3) is 4.47. The van der Waals surface area contributed by atoms with Crippen LogP contribution in [0.15, 0.2) is 48.5 Å². The van der Waals surface area contributed by atoms with Gasteiger partial charge in [-0.3, -0.25) is 4.79 Å². The number of rotatable bonds is 6. The molecule has 0 aliphatic rings. The first-order valence-corrected chi connectivity index (χ1v) is 7.74. The first-order valence-electron chi connectivity index (χ1n) is 7.36. The van der Waals surface area contributed by atoms with Crippen molar-refractivity contribution in [3.05, 3.63) is 64.7 Å². The molecule has 1 atom stereocenters. The van der Waals surface area contributed by atoms with Gasteiger partial charge in [-0.15, -0.1) is 0 Å². The summed E-state index contributed by atoms with van der Waals surface area (Å²) in [4.78, 5) is 14.3. The molecule has 0 heterocycles. The van der Waals surface area contributed by atoms with E-state index in [4.69, 9.17) is 16.3 Å². The lowest BCUT2D eigenvalue weighted by molar-refractivity contribution is 0.0941. The SMILES string of the molecule is COc1ccccc1C(CNC(=O)c1ccc(Cl)cc1)N(C)C. The second-order valence-corrected chi connectivity index (χ2v) is 5.87. The van der Waals surface area contributed by atoms with Crippen molar-refractivity contribution in [1.29, 1.82) is 0 Å². The number of likely N-dealkylation sites (N-methyl/N-ethyl adjacent to an activating group) is 1. The molecule has 2 aromatic rings. The predicted octanol–water partition coefficient (Wildman–Crippen LogP) is 3.38. The van der Waals surface area contributed by atoms with Gasteiger partial charge in [-0.25, -0.2) is 0 Å². The molecule has 0 bridgehead atoms. The molecule has 2 aromatic carbocycles. The first kappa shape index (κ1) is 17.3. The van der Waals surface area contributed by atoms with Gasteiger partial charge in [-0.1, -0.05) is 29.8 Å². The number of carbonyl (C=O) groups excluding carboxylic acids is 1. The zero-order chi connectivity index (χ0) is 16.8. The molecule has 0 aliphatic heterocycles. The molecule has 5 heteroatoms. The fraction of sp³-hybridized carbons (Fsp3) is 0.278. The molecule has 0 aromatic heterocycles. The van der Waals surface area contributed by atoms with E-state index in [0.717, 1.165) is 11.3 Å². The maximum absolute atomic E-state index is 12.3. The van der Waals surface area contributed by atoms with Gasteiger partial charge in [-0.2, -0.15) is 0 Å². The number of methoxy groups -OCH3 is 1. The smallest absolute Gasteiger partial charge is 0.251 e. The lowest BCUT2D eigenvalue weighted by Crippen LogP contribution is -2.34. The number of benzene rings is 2. The maximum atomic E-state index is 12.3. The van der Waals surface area contributed by atoms with E-state index >= 15 is 0 Å². The molecule has 122 valence electrons. The van der Waals surface area contributed by atoms with Crippen LogP contribution < -0.4 is 10.1 Å². The van der Waals surface area contributed by atoms with Gasteiger partial charge in [0.15, 0.2) is 0 Å². The molecule has 0 saturated heterocycles. The van der Waals surface area contributed by atoms with E-state index in [1.807, 2.05) is 38.4 Å². The van der Waals surface area contributed by atoms with Crippen LogP contribution in [0.5, 0.6) is 5.75 Å². The quantitative estimate of drug-likeness (QED) is 0.881. The highest BCUT2D eigenvalue weighted by atomic mass is 35.5. The summed E-state index contributed by atoms with van der Waals surface area (Å²) in [6.45, 7) is 0.481. The number of nitrogens with one attached hydrogen (secondary N) is 1. The van der Waals surface area contributed by atoms with Crippen LogP contribution >= 0.6 is 11.6 Å².